The van der Waals surface area contributed by atoms with Crippen molar-refractivity contribution in [2.75, 3.05) is 25.4 Å². The van der Waals surface area contributed by atoms with Gasteiger partial charge in [0, 0.05) is 19.0 Å². The summed E-state index contributed by atoms with van der Waals surface area (Å²) in [5, 5.41) is 9.59. The zero-order valence-electron chi connectivity index (χ0n) is 12.3. The van der Waals surface area contributed by atoms with Crippen molar-refractivity contribution in [2.45, 2.75) is 44.6 Å². The molecule has 0 saturated carbocycles. The molecule has 3 rings (SSSR count). The SMILES string of the molecule is Nc1n[nH]c(CCNC(=O)[C@@H]2CCCN3CCCC[C@H]23)n1. The minimum Gasteiger partial charge on any atom is -0.367 e. The Kier molecular flexibility index (Phi) is 4.38. The van der Waals surface area contributed by atoms with Crippen LogP contribution in [0.3, 0.4) is 0 Å². The van der Waals surface area contributed by atoms with E-state index in [9.17, 15) is 4.79 Å². The van der Waals surface area contributed by atoms with Crippen molar-refractivity contribution < 1.29 is 4.79 Å². The minimum atomic E-state index is 0.152. The molecule has 2 atom stereocenters. The summed E-state index contributed by atoms with van der Waals surface area (Å²) in [6, 6.07) is 0.452. The van der Waals surface area contributed by atoms with Gasteiger partial charge in [-0.2, -0.15) is 4.98 Å². The molecule has 1 aromatic rings. The van der Waals surface area contributed by atoms with E-state index in [2.05, 4.69) is 25.4 Å². The van der Waals surface area contributed by atoms with Crippen LogP contribution in [0.1, 0.15) is 37.9 Å². The maximum atomic E-state index is 12.4. The van der Waals surface area contributed by atoms with Gasteiger partial charge in [-0.15, -0.1) is 5.10 Å². The van der Waals surface area contributed by atoms with Crippen LogP contribution in [-0.2, 0) is 11.2 Å². The lowest BCUT2D eigenvalue weighted by atomic mass is 9.83. The van der Waals surface area contributed by atoms with E-state index in [4.69, 9.17) is 5.73 Å². The third-order valence-electron chi connectivity index (χ3n) is 4.64. The second kappa shape index (κ2) is 6.43. The topological polar surface area (TPSA) is 99.9 Å². The van der Waals surface area contributed by atoms with Gasteiger partial charge >= 0.3 is 0 Å². The van der Waals surface area contributed by atoms with Crippen molar-refractivity contribution in [2.24, 2.45) is 5.92 Å². The molecule has 4 N–H and O–H groups in total. The van der Waals surface area contributed by atoms with E-state index in [0.29, 0.717) is 19.0 Å². The lowest BCUT2D eigenvalue weighted by molar-refractivity contribution is -0.129. The van der Waals surface area contributed by atoms with Crippen LogP contribution in [-0.4, -0.2) is 51.7 Å². The average molecular weight is 292 g/mol. The summed E-state index contributed by atoms with van der Waals surface area (Å²) >= 11 is 0. The molecule has 0 aliphatic carbocycles. The monoisotopic (exact) mass is 292 g/mol. The molecular formula is C14H24N6O. The van der Waals surface area contributed by atoms with E-state index >= 15 is 0 Å². The highest BCUT2D eigenvalue weighted by molar-refractivity contribution is 5.79. The number of rotatable bonds is 4. The molecule has 7 nitrogen and oxygen atoms in total. The quantitative estimate of drug-likeness (QED) is 0.741. The molecule has 0 spiro atoms. The Morgan fingerprint density at radius 1 is 1.33 bits per heavy atom. The van der Waals surface area contributed by atoms with Crippen molar-refractivity contribution in [3.8, 4) is 0 Å². The molecule has 2 fully saturated rings. The van der Waals surface area contributed by atoms with Crippen LogP contribution in [0.25, 0.3) is 0 Å². The van der Waals surface area contributed by atoms with Gasteiger partial charge in [0.05, 0.1) is 5.92 Å². The maximum Gasteiger partial charge on any atom is 0.239 e. The summed E-state index contributed by atoms with van der Waals surface area (Å²) in [4.78, 5) is 19.0. The summed E-state index contributed by atoms with van der Waals surface area (Å²) in [5.41, 5.74) is 5.45. The van der Waals surface area contributed by atoms with Crippen LogP contribution in [0.4, 0.5) is 5.95 Å². The summed E-state index contributed by atoms with van der Waals surface area (Å²) in [7, 11) is 0. The molecular weight excluding hydrogens is 268 g/mol. The van der Waals surface area contributed by atoms with Gasteiger partial charge in [0.25, 0.3) is 0 Å². The number of carbonyl (C=O) groups is 1. The Morgan fingerprint density at radius 2 is 2.19 bits per heavy atom. The zero-order chi connectivity index (χ0) is 14.7. The van der Waals surface area contributed by atoms with Crippen LogP contribution in [0.5, 0.6) is 0 Å². The number of carbonyl (C=O) groups excluding carboxylic acids is 1. The second-order valence-electron chi connectivity index (χ2n) is 6.03. The lowest BCUT2D eigenvalue weighted by Gasteiger charge is -2.43. The Labute approximate surface area is 124 Å². The van der Waals surface area contributed by atoms with Crippen molar-refractivity contribution in [1.82, 2.24) is 25.4 Å². The number of hydrogen-bond acceptors (Lipinski definition) is 5. The molecule has 0 bridgehead atoms. The number of hydrogen-bond donors (Lipinski definition) is 3. The third kappa shape index (κ3) is 3.34. The van der Waals surface area contributed by atoms with Crippen molar-refractivity contribution >= 4 is 11.9 Å². The minimum absolute atomic E-state index is 0.152. The molecule has 2 saturated heterocycles. The molecule has 2 aliphatic rings. The number of fused-ring (bicyclic) bond motifs is 1. The highest BCUT2D eigenvalue weighted by Gasteiger charge is 2.36. The van der Waals surface area contributed by atoms with Gasteiger partial charge in [-0.3, -0.25) is 14.8 Å². The number of aromatic nitrogens is 3. The smallest absolute Gasteiger partial charge is 0.239 e. The number of nitrogens with zero attached hydrogens (tertiary/aromatic N) is 3. The molecule has 2 aliphatic heterocycles. The van der Waals surface area contributed by atoms with Crippen LogP contribution in [0.15, 0.2) is 0 Å². The highest BCUT2D eigenvalue weighted by atomic mass is 16.1. The Morgan fingerprint density at radius 3 is 3.00 bits per heavy atom. The van der Waals surface area contributed by atoms with Gasteiger partial charge in [0.2, 0.25) is 11.9 Å². The molecule has 3 heterocycles. The number of nitrogens with two attached hydrogens (primary N) is 1. The summed E-state index contributed by atoms with van der Waals surface area (Å²) in [5.74, 6) is 1.31. The van der Waals surface area contributed by atoms with Gasteiger partial charge < -0.3 is 11.1 Å². The summed E-state index contributed by atoms with van der Waals surface area (Å²) in [6.07, 6.45) is 6.48. The number of nitrogen functional groups attached to an aromatic ring is 1. The van der Waals surface area contributed by atoms with Gasteiger partial charge in [-0.25, -0.2) is 0 Å². The molecule has 1 amide bonds. The second-order valence-corrected chi connectivity index (χ2v) is 6.03. The van der Waals surface area contributed by atoms with Gasteiger partial charge in [-0.05, 0) is 38.8 Å². The fourth-order valence-corrected chi connectivity index (χ4v) is 3.62. The van der Waals surface area contributed by atoms with Crippen LogP contribution < -0.4 is 11.1 Å². The first kappa shape index (κ1) is 14.3. The fourth-order valence-electron chi connectivity index (χ4n) is 3.62. The van der Waals surface area contributed by atoms with Gasteiger partial charge in [-0.1, -0.05) is 6.42 Å². The number of anilines is 1. The zero-order valence-corrected chi connectivity index (χ0v) is 12.3. The normalized spacial score (nSPS) is 26.3. The van der Waals surface area contributed by atoms with Gasteiger partial charge in [0.15, 0.2) is 0 Å². The number of piperidine rings is 2. The van der Waals surface area contributed by atoms with Crippen LogP contribution in [0.2, 0.25) is 0 Å². The molecule has 116 valence electrons. The number of nitrogens with one attached hydrogen (secondary N) is 2. The molecule has 1 aromatic heterocycles. The maximum absolute atomic E-state index is 12.4. The summed E-state index contributed by atoms with van der Waals surface area (Å²) < 4.78 is 0. The van der Waals surface area contributed by atoms with E-state index in [1.54, 1.807) is 0 Å². The number of H-pyrrole nitrogens is 1. The van der Waals surface area contributed by atoms with Crippen molar-refractivity contribution in [3.05, 3.63) is 5.82 Å². The number of amides is 1. The van der Waals surface area contributed by atoms with Crippen molar-refractivity contribution in [1.29, 1.82) is 0 Å². The molecule has 21 heavy (non-hydrogen) atoms. The van der Waals surface area contributed by atoms with Crippen LogP contribution in [0, 0.1) is 5.92 Å². The first-order valence-electron chi connectivity index (χ1n) is 7.92. The number of aromatic amines is 1. The van der Waals surface area contributed by atoms with E-state index in [1.165, 1.54) is 12.8 Å². The largest absolute Gasteiger partial charge is 0.367 e. The fraction of sp³-hybridized carbons (Fsp3) is 0.786. The Bertz CT molecular complexity index is 486. The first-order valence-corrected chi connectivity index (χ1v) is 7.92. The standard InChI is InChI=1S/C14H24N6O/c15-14-17-12(18-19-14)6-7-16-13(21)10-4-3-9-20-8-2-1-5-11(10)20/h10-11H,1-9H2,(H,16,21)(H3,15,17,18,19)/t10-,11-/m1/s1. The van der Waals surface area contributed by atoms with Crippen molar-refractivity contribution in [3.63, 3.8) is 0 Å². The van der Waals surface area contributed by atoms with Crippen LogP contribution >= 0.6 is 0 Å². The van der Waals surface area contributed by atoms with E-state index in [-0.39, 0.29) is 17.8 Å². The lowest BCUT2D eigenvalue weighted by Crippen LogP contribution is -2.52. The van der Waals surface area contributed by atoms with Gasteiger partial charge in [0.1, 0.15) is 5.82 Å². The summed E-state index contributed by atoms with van der Waals surface area (Å²) in [6.45, 7) is 2.90. The predicted molar refractivity (Wildman–Crippen MR) is 79.4 cm³/mol. The van der Waals surface area contributed by atoms with E-state index < -0.39 is 0 Å². The molecule has 0 radical (unpaired) electrons. The highest BCUT2D eigenvalue weighted by Crippen LogP contribution is 2.30. The Balaban J connectivity index is 1.49. The average Bonchev–Trinajstić information content (AvgIpc) is 2.92. The van der Waals surface area contributed by atoms with E-state index in [0.717, 1.165) is 38.2 Å². The predicted octanol–water partition coefficient (Wildman–Crippen LogP) is 0.310. The molecule has 0 aromatic carbocycles. The Hall–Kier alpha value is -1.63. The third-order valence-corrected chi connectivity index (χ3v) is 4.64. The molecule has 7 heteroatoms. The van der Waals surface area contributed by atoms with E-state index in [1.807, 2.05) is 0 Å². The molecule has 0 unspecified atom stereocenters. The first-order chi connectivity index (χ1) is 10.2.